The van der Waals surface area contributed by atoms with E-state index in [0.29, 0.717) is 16.9 Å². The van der Waals surface area contributed by atoms with Crippen LogP contribution in [0.4, 0.5) is 0 Å². The van der Waals surface area contributed by atoms with Gasteiger partial charge in [-0.2, -0.15) is 0 Å². The zero-order valence-electron chi connectivity index (χ0n) is 14.2. The first-order valence-corrected chi connectivity index (χ1v) is 10.4. The van der Waals surface area contributed by atoms with Crippen LogP contribution in [-0.2, 0) is 11.3 Å². The summed E-state index contributed by atoms with van der Waals surface area (Å²) in [5, 5.41) is 2.57. The van der Waals surface area contributed by atoms with Crippen LogP contribution in [0.1, 0.15) is 44.1 Å². The van der Waals surface area contributed by atoms with E-state index < -0.39 is 0 Å². The number of likely N-dealkylation sites (tertiary alicyclic amines) is 1. The quantitative estimate of drug-likeness (QED) is 0.790. The molecule has 0 bridgehead atoms. The Kier molecular flexibility index (Phi) is 5.94. The summed E-state index contributed by atoms with van der Waals surface area (Å²) in [6.07, 6.45) is 6.02. The van der Waals surface area contributed by atoms with Gasteiger partial charge in [-0.1, -0.05) is 13.8 Å². The van der Waals surface area contributed by atoms with Crippen molar-refractivity contribution >= 4 is 29.0 Å². The third-order valence-corrected chi connectivity index (χ3v) is 5.96. The highest BCUT2D eigenvalue weighted by Crippen LogP contribution is 2.27. The summed E-state index contributed by atoms with van der Waals surface area (Å²) >= 11 is 3.33. The second-order valence-electron chi connectivity index (χ2n) is 6.43. The van der Waals surface area contributed by atoms with E-state index in [1.807, 2.05) is 22.8 Å². The monoisotopic (exact) mass is 364 g/mol. The fourth-order valence-corrected chi connectivity index (χ4v) is 4.26. The molecule has 1 saturated heterocycles. The summed E-state index contributed by atoms with van der Waals surface area (Å²) in [5.74, 6) is 2.24. The van der Waals surface area contributed by atoms with Gasteiger partial charge < -0.3 is 9.47 Å². The highest BCUT2D eigenvalue weighted by molar-refractivity contribution is 8.00. The number of piperidine rings is 1. The Balaban J connectivity index is 1.65. The Morgan fingerprint density at radius 3 is 3.08 bits per heavy atom. The van der Waals surface area contributed by atoms with E-state index in [1.165, 1.54) is 0 Å². The number of rotatable bonds is 6. The fraction of sp³-hybridized carbons (Fsp3) is 0.588. The minimum absolute atomic E-state index is 0.260. The molecule has 0 saturated carbocycles. The van der Waals surface area contributed by atoms with Gasteiger partial charge in [-0.25, -0.2) is 9.97 Å². The Hall–Kier alpha value is -1.34. The van der Waals surface area contributed by atoms with Crippen LogP contribution in [0.2, 0.25) is 0 Å². The van der Waals surface area contributed by atoms with Gasteiger partial charge in [0, 0.05) is 36.8 Å². The lowest BCUT2D eigenvalue weighted by Gasteiger charge is -2.32. The topological polar surface area (TPSA) is 51.0 Å². The highest BCUT2D eigenvalue weighted by Gasteiger charge is 2.27. The average molecular weight is 365 g/mol. The van der Waals surface area contributed by atoms with Gasteiger partial charge in [0.25, 0.3) is 0 Å². The zero-order valence-corrected chi connectivity index (χ0v) is 15.9. The largest absolute Gasteiger partial charge is 0.341 e. The minimum atomic E-state index is 0.260. The smallest absolute Gasteiger partial charge is 0.232 e. The van der Waals surface area contributed by atoms with Crippen molar-refractivity contribution in [2.24, 2.45) is 0 Å². The molecule has 2 aromatic heterocycles. The molecule has 1 amide bonds. The van der Waals surface area contributed by atoms with Crippen molar-refractivity contribution < 1.29 is 4.79 Å². The number of carbonyl (C=O) groups is 1. The number of thioether (sulfide) groups is 1. The molecule has 0 aromatic carbocycles. The summed E-state index contributed by atoms with van der Waals surface area (Å²) < 4.78 is 2.18. The summed E-state index contributed by atoms with van der Waals surface area (Å²) in [7, 11) is 0. The molecule has 0 unspecified atom stereocenters. The van der Waals surface area contributed by atoms with Gasteiger partial charge in [0.15, 0.2) is 0 Å². The summed E-state index contributed by atoms with van der Waals surface area (Å²) in [5.41, 5.74) is 2.93. The van der Waals surface area contributed by atoms with E-state index in [0.717, 1.165) is 44.0 Å². The molecule has 24 heavy (non-hydrogen) atoms. The molecule has 0 radical (unpaired) electrons. The van der Waals surface area contributed by atoms with Crippen LogP contribution in [0.25, 0.3) is 0 Å². The lowest BCUT2D eigenvalue weighted by atomic mass is 9.97. The van der Waals surface area contributed by atoms with Gasteiger partial charge in [0.05, 0.1) is 23.5 Å². The predicted molar refractivity (Wildman–Crippen MR) is 99.6 cm³/mol. The first-order chi connectivity index (χ1) is 11.6. The molecule has 1 fully saturated rings. The first kappa shape index (κ1) is 17.5. The second-order valence-corrected chi connectivity index (χ2v) is 8.72. The van der Waals surface area contributed by atoms with E-state index in [2.05, 4.69) is 33.8 Å². The number of amides is 1. The Labute approximate surface area is 151 Å². The minimum Gasteiger partial charge on any atom is -0.341 e. The van der Waals surface area contributed by atoms with E-state index >= 15 is 0 Å². The van der Waals surface area contributed by atoms with Crippen molar-refractivity contribution in [1.82, 2.24) is 19.4 Å². The van der Waals surface area contributed by atoms with E-state index in [9.17, 15) is 4.79 Å². The number of thiazole rings is 1. The zero-order chi connectivity index (χ0) is 16.9. The molecule has 1 atom stereocenters. The van der Waals surface area contributed by atoms with E-state index in [-0.39, 0.29) is 5.91 Å². The van der Waals surface area contributed by atoms with Crippen LogP contribution in [0.15, 0.2) is 23.3 Å². The molecule has 0 aliphatic carbocycles. The molecule has 5 nitrogen and oxygen atoms in total. The molecule has 0 N–H and O–H groups in total. The highest BCUT2D eigenvalue weighted by atomic mass is 32.2. The molecule has 1 aliphatic heterocycles. The normalized spacial score (nSPS) is 18.3. The van der Waals surface area contributed by atoms with E-state index in [4.69, 9.17) is 0 Å². The molecular formula is C17H24N4OS2. The van der Waals surface area contributed by atoms with Gasteiger partial charge in [0.2, 0.25) is 5.91 Å². The van der Waals surface area contributed by atoms with Crippen LogP contribution in [0.5, 0.6) is 0 Å². The van der Waals surface area contributed by atoms with E-state index in [1.54, 1.807) is 23.1 Å². The third-order valence-electron chi connectivity index (χ3n) is 4.24. The summed E-state index contributed by atoms with van der Waals surface area (Å²) in [4.78, 5) is 23.4. The van der Waals surface area contributed by atoms with Crippen molar-refractivity contribution in [3.63, 3.8) is 0 Å². The predicted octanol–water partition coefficient (Wildman–Crippen LogP) is 3.24. The number of nitrogens with zero attached hydrogens (tertiary/aromatic N) is 4. The number of carbonyl (C=O) groups excluding carboxylic acids is 1. The third kappa shape index (κ3) is 4.39. The van der Waals surface area contributed by atoms with Crippen molar-refractivity contribution in [3.05, 3.63) is 34.8 Å². The summed E-state index contributed by atoms with van der Waals surface area (Å²) in [6, 6.07) is 0. The number of imidazole rings is 1. The molecule has 1 aliphatic rings. The number of hydrogen-bond donors (Lipinski definition) is 0. The fourth-order valence-electron chi connectivity index (χ4n) is 3.05. The van der Waals surface area contributed by atoms with Crippen molar-refractivity contribution in [2.75, 3.05) is 18.8 Å². The maximum atomic E-state index is 12.4. The number of aromatic nitrogens is 3. The molecule has 2 aromatic rings. The van der Waals surface area contributed by atoms with Gasteiger partial charge in [-0.05, 0) is 18.1 Å². The Morgan fingerprint density at radius 2 is 2.33 bits per heavy atom. The SMILES string of the molecule is CC(C)SCC(=O)N1CCC[C@H](c2nccn2Cc2cscn2)C1. The lowest BCUT2D eigenvalue weighted by molar-refractivity contribution is -0.129. The van der Waals surface area contributed by atoms with Gasteiger partial charge >= 0.3 is 0 Å². The van der Waals surface area contributed by atoms with Crippen LogP contribution in [0.3, 0.4) is 0 Å². The van der Waals surface area contributed by atoms with Crippen molar-refractivity contribution in [3.8, 4) is 0 Å². The molecule has 130 valence electrons. The Bertz CT molecular complexity index is 653. The average Bonchev–Trinajstić information content (AvgIpc) is 3.25. The molecular weight excluding hydrogens is 340 g/mol. The standard InChI is InChI=1S/C17H24N4OS2/c1-13(2)24-11-16(22)20-6-3-4-14(8-20)17-18-5-7-21(17)9-15-10-23-12-19-15/h5,7,10,12-14H,3-4,6,8-9,11H2,1-2H3/t14-/m0/s1. The van der Waals surface area contributed by atoms with Crippen LogP contribution in [0, 0.1) is 0 Å². The van der Waals surface area contributed by atoms with Gasteiger partial charge in [-0.3, -0.25) is 4.79 Å². The van der Waals surface area contributed by atoms with Gasteiger partial charge in [0.1, 0.15) is 5.82 Å². The Morgan fingerprint density at radius 1 is 1.46 bits per heavy atom. The van der Waals surface area contributed by atoms with Crippen LogP contribution in [-0.4, -0.2) is 49.4 Å². The lowest BCUT2D eigenvalue weighted by Crippen LogP contribution is -2.40. The maximum Gasteiger partial charge on any atom is 0.232 e. The first-order valence-electron chi connectivity index (χ1n) is 8.41. The number of hydrogen-bond acceptors (Lipinski definition) is 5. The maximum absolute atomic E-state index is 12.4. The van der Waals surface area contributed by atoms with Crippen LogP contribution < -0.4 is 0 Å². The molecule has 7 heteroatoms. The van der Waals surface area contributed by atoms with Gasteiger partial charge in [-0.15, -0.1) is 23.1 Å². The van der Waals surface area contributed by atoms with Crippen molar-refractivity contribution in [1.29, 1.82) is 0 Å². The second kappa shape index (κ2) is 8.16. The van der Waals surface area contributed by atoms with Crippen molar-refractivity contribution in [2.45, 2.75) is 44.4 Å². The molecule has 0 spiro atoms. The molecule has 3 heterocycles. The summed E-state index contributed by atoms with van der Waals surface area (Å²) in [6.45, 7) is 6.68. The van der Waals surface area contributed by atoms with Crippen LogP contribution >= 0.6 is 23.1 Å². The molecule has 3 rings (SSSR count).